The van der Waals surface area contributed by atoms with Gasteiger partial charge in [0, 0.05) is 0 Å². The SMILES string of the molecule is Cc1nnn2c(P(C3CCCCC3)C3CCCCC3)cccc12. The monoisotopic (exact) mass is 329 g/mol. The van der Waals surface area contributed by atoms with Crippen molar-refractivity contribution in [1.82, 2.24) is 14.8 Å². The van der Waals surface area contributed by atoms with E-state index in [0.717, 1.165) is 17.0 Å². The lowest BCUT2D eigenvalue weighted by Crippen LogP contribution is -2.29. The van der Waals surface area contributed by atoms with Crippen LogP contribution in [0, 0.1) is 6.92 Å². The van der Waals surface area contributed by atoms with E-state index in [2.05, 4.69) is 40.0 Å². The van der Waals surface area contributed by atoms with Crippen LogP contribution in [0.25, 0.3) is 5.52 Å². The summed E-state index contributed by atoms with van der Waals surface area (Å²) in [6.07, 6.45) is 14.4. The summed E-state index contributed by atoms with van der Waals surface area (Å²) in [6, 6.07) is 6.77. The van der Waals surface area contributed by atoms with E-state index in [1.165, 1.54) is 75.2 Å². The van der Waals surface area contributed by atoms with Gasteiger partial charge in [0.25, 0.3) is 0 Å². The molecule has 0 unspecified atom stereocenters. The molecule has 2 aliphatic rings. The molecule has 0 atom stereocenters. The van der Waals surface area contributed by atoms with Gasteiger partial charge in [0.1, 0.15) is 0 Å². The minimum absolute atomic E-state index is 0.118. The largest absolute Gasteiger partial charge is 0.213 e. The van der Waals surface area contributed by atoms with Crippen molar-refractivity contribution in [2.75, 3.05) is 0 Å². The molecule has 0 amide bonds. The lowest BCUT2D eigenvalue weighted by Gasteiger charge is -2.38. The summed E-state index contributed by atoms with van der Waals surface area (Å²) in [4.78, 5) is 0. The molecule has 2 fully saturated rings. The Morgan fingerprint density at radius 2 is 1.52 bits per heavy atom. The number of rotatable bonds is 3. The standard InChI is InChI=1S/C19H28N3P/c1-15-18-13-8-14-19(22(18)21-20-15)23(16-9-4-2-5-10-16)17-11-6-3-7-12-17/h8,13-14,16-17H,2-7,9-12H2,1H3. The van der Waals surface area contributed by atoms with E-state index >= 15 is 0 Å². The van der Waals surface area contributed by atoms with E-state index in [-0.39, 0.29) is 7.92 Å². The van der Waals surface area contributed by atoms with Crippen LogP contribution in [0.4, 0.5) is 0 Å². The molecule has 2 aromatic heterocycles. The number of hydrogen-bond donors (Lipinski definition) is 0. The van der Waals surface area contributed by atoms with Gasteiger partial charge in [-0.2, -0.15) is 0 Å². The number of fused-ring (bicyclic) bond motifs is 1. The molecule has 2 aromatic rings. The average Bonchev–Trinajstić information content (AvgIpc) is 2.99. The first-order valence-corrected chi connectivity index (χ1v) is 10.9. The normalized spacial score (nSPS) is 21.3. The molecular weight excluding hydrogens is 301 g/mol. The average molecular weight is 329 g/mol. The zero-order valence-electron chi connectivity index (χ0n) is 14.2. The first-order chi connectivity index (χ1) is 11.3. The second-order valence-corrected chi connectivity index (χ2v) is 10.1. The zero-order chi connectivity index (χ0) is 15.6. The Labute approximate surface area is 140 Å². The van der Waals surface area contributed by atoms with E-state index in [1.807, 2.05) is 0 Å². The second kappa shape index (κ2) is 6.89. The number of nitrogens with zero attached hydrogens (tertiary/aromatic N) is 3. The molecule has 0 aromatic carbocycles. The summed E-state index contributed by atoms with van der Waals surface area (Å²) in [7, 11) is -0.118. The Kier molecular flexibility index (Phi) is 4.66. The summed E-state index contributed by atoms with van der Waals surface area (Å²) >= 11 is 0. The van der Waals surface area contributed by atoms with E-state index in [9.17, 15) is 0 Å². The minimum atomic E-state index is -0.118. The maximum absolute atomic E-state index is 4.51. The van der Waals surface area contributed by atoms with Crippen LogP contribution in [-0.4, -0.2) is 26.1 Å². The molecule has 4 rings (SSSR count). The van der Waals surface area contributed by atoms with Crippen molar-refractivity contribution in [2.24, 2.45) is 0 Å². The zero-order valence-corrected chi connectivity index (χ0v) is 15.1. The van der Waals surface area contributed by atoms with Crippen LogP contribution in [0.15, 0.2) is 18.2 Å². The third-order valence-corrected chi connectivity index (χ3v) is 9.27. The number of aryl methyl sites for hydroxylation is 1. The Hall–Kier alpha value is -0.950. The van der Waals surface area contributed by atoms with Crippen LogP contribution in [0.1, 0.15) is 69.9 Å². The lowest BCUT2D eigenvalue weighted by atomic mass is 9.99. The van der Waals surface area contributed by atoms with Gasteiger partial charge in [-0.05, 0) is 64.0 Å². The molecule has 2 heterocycles. The summed E-state index contributed by atoms with van der Waals surface area (Å²) in [5.74, 6) is 0. The van der Waals surface area contributed by atoms with Gasteiger partial charge in [-0.3, -0.25) is 0 Å². The van der Waals surface area contributed by atoms with Gasteiger partial charge in [0.2, 0.25) is 0 Å². The molecule has 0 bridgehead atoms. The maximum Gasteiger partial charge on any atom is 0.0901 e. The van der Waals surface area contributed by atoms with E-state index < -0.39 is 0 Å². The third kappa shape index (κ3) is 3.05. The van der Waals surface area contributed by atoms with E-state index in [0.29, 0.717) is 0 Å². The molecular formula is C19H28N3P. The smallest absolute Gasteiger partial charge is 0.0901 e. The van der Waals surface area contributed by atoms with Crippen molar-refractivity contribution in [3.05, 3.63) is 23.9 Å². The summed E-state index contributed by atoms with van der Waals surface area (Å²) < 4.78 is 2.18. The summed E-state index contributed by atoms with van der Waals surface area (Å²) in [5, 5.41) is 8.86. The first-order valence-electron chi connectivity index (χ1n) is 9.44. The van der Waals surface area contributed by atoms with Gasteiger partial charge in [-0.25, -0.2) is 4.52 Å². The molecule has 3 nitrogen and oxygen atoms in total. The van der Waals surface area contributed by atoms with Gasteiger partial charge in [0.15, 0.2) is 0 Å². The topological polar surface area (TPSA) is 30.2 Å². The van der Waals surface area contributed by atoms with Gasteiger partial charge in [-0.1, -0.05) is 49.8 Å². The second-order valence-electron chi connectivity index (χ2n) is 7.35. The molecule has 2 aliphatic carbocycles. The summed E-state index contributed by atoms with van der Waals surface area (Å²) in [5.41, 5.74) is 5.60. The molecule has 0 saturated heterocycles. The fourth-order valence-corrected chi connectivity index (χ4v) is 8.42. The predicted molar refractivity (Wildman–Crippen MR) is 98.0 cm³/mol. The van der Waals surface area contributed by atoms with E-state index in [4.69, 9.17) is 0 Å². The van der Waals surface area contributed by atoms with Crippen LogP contribution in [0.5, 0.6) is 0 Å². The number of aromatic nitrogens is 3. The highest BCUT2D eigenvalue weighted by Gasteiger charge is 2.33. The highest BCUT2D eigenvalue weighted by Crippen LogP contribution is 2.54. The summed E-state index contributed by atoms with van der Waals surface area (Å²) in [6.45, 7) is 2.08. The van der Waals surface area contributed by atoms with Gasteiger partial charge < -0.3 is 0 Å². The van der Waals surface area contributed by atoms with Gasteiger partial charge in [0.05, 0.1) is 16.6 Å². The van der Waals surface area contributed by atoms with E-state index in [1.54, 1.807) is 0 Å². The quantitative estimate of drug-likeness (QED) is 0.756. The molecule has 124 valence electrons. The predicted octanol–water partition coefficient (Wildman–Crippen LogP) is 4.81. The molecule has 2 saturated carbocycles. The highest BCUT2D eigenvalue weighted by atomic mass is 31.1. The van der Waals surface area contributed by atoms with Crippen LogP contribution in [-0.2, 0) is 0 Å². The molecule has 4 heteroatoms. The fourth-order valence-electron chi connectivity index (χ4n) is 4.61. The van der Waals surface area contributed by atoms with Gasteiger partial charge >= 0.3 is 0 Å². The molecule has 0 spiro atoms. The van der Waals surface area contributed by atoms with Crippen LogP contribution >= 0.6 is 7.92 Å². The Balaban J connectivity index is 1.75. The number of hydrogen-bond acceptors (Lipinski definition) is 2. The van der Waals surface area contributed by atoms with Crippen LogP contribution in [0.3, 0.4) is 0 Å². The Morgan fingerprint density at radius 1 is 0.913 bits per heavy atom. The number of pyridine rings is 1. The third-order valence-electron chi connectivity index (χ3n) is 5.80. The van der Waals surface area contributed by atoms with Crippen molar-refractivity contribution in [1.29, 1.82) is 0 Å². The maximum atomic E-state index is 4.51. The Morgan fingerprint density at radius 3 is 2.13 bits per heavy atom. The molecule has 0 aliphatic heterocycles. The lowest BCUT2D eigenvalue weighted by molar-refractivity contribution is 0.486. The molecule has 23 heavy (non-hydrogen) atoms. The van der Waals surface area contributed by atoms with Crippen molar-refractivity contribution >= 4 is 18.9 Å². The van der Waals surface area contributed by atoms with Crippen molar-refractivity contribution in [3.63, 3.8) is 0 Å². The van der Waals surface area contributed by atoms with Crippen LogP contribution in [0.2, 0.25) is 0 Å². The Bertz CT molecular complexity index is 636. The highest BCUT2D eigenvalue weighted by molar-refractivity contribution is 7.66. The molecule has 0 N–H and O–H groups in total. The van der Waals surface area contributed by atoms with Crippen molar-refractivity contribution in [3.8, 4) is 0 Å². The van der Waals surface area contributed by atoms with Gasteiger partial charge in [-0.15, -0.1) is 5.10 Å². The van der Waals surface area contributed by atoms with Crippen LogP contribution < -0.4 is 5.44 Å². The minimum Gasteiger partial charge on any atom is -0.213 e. The van der Waals surface area contributed by atoms with Crippen molar-refractivity contribution in [2.45, 2.75) is 82.4 Å². The first kappa shape index (κ1) is 15.6. The van der Waals surface area contributed by atoms with Crippen molar-refractivity contribution < 1.29 is 0 Å². The molecule has 0 radical (unpaired) electrons. The fraction of sp³-hybridized carbons (Fsp3) is 0.684.